The first kappa shape index (κ1) is 15.5. The number of nitrogens with zero attached hydrogens (tertiary/aromatic N) is 1. The van der Waals surface area contributed by atoms with Crippen molar-refractivity contribution in [2.45, 2.75) is 19.8 Å². The monoisotopic (exact) mass is 371 g/mol. The molecule has 1 aliphatic heterocycles. The molecule has 6 heteroatoms. The fraction of sp³-hybridized carbons (Fsp3) is 0.286. The molecule has 1 aromatic carbocycles. The first-order valence-electron chi connectivity index (χ1n) is 6.27. The number of phenolic OH excluding ortho intramolecular Hbond substituents is 1. The summed E-state index contributed by atoms with van der Waals surface area (Å²) in [6.07, 6.45) is 3.78. The summed E-state index contributed by atoms with van der Waals surface area (Å²) in [4.78, 5) is 14.6. The second kappa shape index (κ2) is 6.74. The van der Waals surface area contributed by atoms with Crippen LogP contribution < -0.4 is 0 Å². The highest BCUT2D eigenvalue weighted by molar-refractivity contribution is 9.10. The van der Waals surface area contributed by atoms with Crippen molar-refractivity contribution in [3.63, 3.8) is 0 Å². The number of thioether (sulfide) groups is 1. The van der Waals surface area contributed by atoms with Gasteiger partial charge in [0.2, 0.25) is 0 Å². The smallest absolute Gasteiger partial charge is 0.266 e. The molecule has 1 heterocycles. The number of phenols is 1. The van der Waals surface area contributed by atoms with E-state index in [1.807, 2.05) is 0 Å². The van der Waals surface area contributed by atoms with Gasteiger partial charge >= 0.3 is 0 Å². The Morgan fingerprint density at radius 3 is 2.90 bits per heavy atom. The third kappa shape index (κ3) is 3.42. The quantitative estimate of drug-likeness (QED) is 0.637. The summed E-state index contributed by atoms with van der Waals surface area (Å²) in [5.74, 6) is 0.148. The van der Waals surface area contributed by atoms with Crippen LogP contribution in [0.5, 0.6) is 5.75 Å². The Balaban J connectivity index is 2.20. The number of unbranched alkanes of at least 4 members (excludes halogenated alkanes) is 1. The minimum atomic E-state index is -0.0300. The van der Waals surface area contributed by atoms with Crippen molar-refractivity contribution in [1.82, 2.24) is 4.90 Å². The lowest BCUT2D eigenvalue weighted by molar-refractivity contribution is -0.122. The maximum absolute atomic E-state index is 12.3. The largest absolute Gasteiger partial charge is 0.507 e. The van der Waals surface area contributed by atoms with Gasteiger partial charge in [-0.3, -0.25) is 9.69 Å². The van der Waals surface area contributed by atoms with Crippen LogP contribution in [0, 0.1) is 0 Å². The van der Waals surface area contributed by atoms with E-state index in [2.05, 4.69) is 22.9 Å². The van der Waals surface area contributed by atoms with Crippen molar-refractivity contribution >= 4 is 56.2 Å². The first-order valence-corrected chi connectivity index (χ1v) is 8.28. The van der Waals surface area contributed by atoms with Gasteiger partial charge < -0.3 is 5.11 Å². The molecule has 0 spiro atoms. The van der Waals surface area contributed by atoms with E-state index in [9.17, 15) is 9.90 Å². The number of carbonyl (C=O) groups is 1. The third-order valence-corrected chi connectivity index (χ3v) is 4.89. The number of halogens is 1. The minimum absolute atomic E-state index is 0.0300. The number of thiocarbonyl (C=S) groups is 1. The van der Waals surface area contributed by atoms with Gasteiger partial charge in [-0.25, -0.2) is 0 Å². The van der Waals surface area contributed by atoms with E-state index in [-0.39, 0.29) is 11.7 Å². The van der Waals surface area contributed by atoms with E-state index in [4.69, 9.17) is 12.2 Å². The van der Waals surface area contributed by atoms with Gasteiger partial charge in [0.25, 0.3) is 5.91 Å². The van der Waals surface area contributed by atoms with Crippen LogP contribution in [0.4, 0.5) is 0 Å². The number of aromatic hydroxyl groups is 1. The van der Waals surface area contributed by atoms with Crippen molar-refractivity contribution in [1.29, 1.82) is 0 Å². The fourth-order valence-electron chi connectivity index (χ4n) is 1.77. The summed E-state index contributed by atoms with van der Waals surface area (Å²) in [5.41, 5.74) is 0.852. The molecule has 0 saturated carbocycles. The molecular formula is C14H14BrNO2S2. The summed E-state index contributed by atoms with van der Waals surface area (Å²) < 4.78 is 1.22. The maximum atomic E-state index is 12.3. The number of amides is 1. The lowest BCUT2D eigenvalue weighted by atomic mass is 10.2. The van der Waals surface area contributed by atoms with E-state index in [1.165, 1.54) is 11.8 Å². The van der Waals surface area contributed by atoms with E-state index < -0.39 is 0 Å². The average Bonchev–Trinajstić information content (AvgIpc) is 2.67. The molecule has 2 rings (SSSR count). The van der Waals surface area contributed by atoms with Crippen molar-refractivity contribution < 1.29 is 9.90 Å². The lowest BCUT2D eigenvalue weighted by Crippen LogP contribution is -2.28. The summed E-state index contributed by atoms with van der Waals surface area (Å²) >= 11 is 9.84. The topological polar surface area (TPSA) is 40.5 Å². The zero-order valence-electron chi connectivity index (χ0n) is 10.9. The van der Waals surface area contributed by atoms with E-state index in [1.54, 1.807) is 29.2 Å². The lowest BCUT2D eigenvalue weighted by Gasteiger charge is -2.13. The van der Waals surface area contributed by atoms with Gasteiger partial charge in [0.05, 0.1) is 9.38 Å². The van der Waals surface area contributed by atoms with E-state index in [0.717, 1.165) is 18.4 Å². The predicted octanol–water partition coefficient (Wildman–Crippen LogP) is 4.16. The Morgan fingerprint density at radius 2 is 2.25 bits per heavy atom. The van der Waals surface area contributed by atoms with Gasteiger partial charge in [-0.1, -0.05) is 43.4 Å². The standard InChI is InChI=1S/C14H14BrNO2S2/c1-2-3-6-16-13(18)12(20-14(16)19)8-9-4-5-11(17)10(15)7-9/h4-5,7-8,17H,2-3,6H2,1H3/b12-8+. The minimum Gasteiger partial charge on any atom is -0.507 e. The average molecular weight is 372 g/mol. The van der Waals surface area contributed by atoms with Gasteiger partial charge in [-0.15, -0.1) is 0 Å². The Labute approximate surface area is 136 Å². The predicted molar refractivity (Wildman–Crippen MR) is 90.6 cm³/mol. The summed E-state index contributed by atoms with van der Waals surface area (Å²) in [7, 11) is 0. The molecule has 1 aliphatic rings. The number of carbonyl (C=O) groups excluding carboxylic acids is 1. The highest BCUT2D eigenvalue weighted by atomic mass is 79.9. The molecule has 106 valence electrons. The van der Waals surface area contributed by atoms with Crippen molar-refractivity contribution in [3.05, 3.63) is 33.1 Å². The molecule has 1 N–H and O–H groups in total. The highest BCUT2D eigenvalue weighted by Gasteiger charge is 2.31. The molecule has 1 amide bonds. The Morgan fingerprint density at radius 1 is 1.50 bits per heavy atom. The van der Waals surface area contributed by atoms with Crippen molar-refractivity contribution in [3.8, 4) is 5.75 Å². The number of hydrogen-bond donors (Lipinski definition) is 1. The second-order valence-electron chi connectivity index (χ2n) is 4.40. The first-order chi connectivity index (χ1) is 9.52. The molecule has 1 saturated heterocycles. The molecule has 0 aromatic heterocycles. The Hall–Kier alpha value is -0.850. The van der Waals surface area contributed by atoms with E-state index >= 15 is 0 Å². The summed E-state index contributed by atoms with van der Waals surface area (Å²) in [5, 5.41) is 9.47. The third-order valence-electron chi connectivity index (χ3n) is 2.88. The van der Waals surface area contributed by atoms with Crippen LogP contribution in [-0.2, 0) is 4.79 Å². The highest BCUT2D eigenvalue weighted by Crippen LogP contribution is 2.33. The van der Waals surface area contributed by atoms with Crippen LogP contribution in [0.1, 0.15) is 25.3 Å². The van der Waals surface area contributed by atoms with Gasteiger partial charge in [0, 0.05) is 6.54 Å². The molecule has 0 bridgehead atoms. The van der Waals surface area contributed by atoms with Gasteiger partial charge in [0.15, 0.2) is 0 Å². The number of rotatable bonds is 4. The number of hydrogen-bond acceptors (Lipinski definition) is 4. The molecule has 1 fully saturated rings. The molecule has 0 atom stereocenters. The van der Waals surface area contributed by atoms with E-state index in [0.29, 0.717) is 20.2 Å². The Bertz CT molecular complexity index is 587. The van der Waals surface area contributed by atoms with Crippen LogP contribution in [0.2, 0.25) is 0 Å². The molecule has 3 nitrogen and oxygen atoms in total. The van der Waals surface area contributed by atoms with Crippen molar-refractivity contribution in [2.75, 3.05) is 6.54 Å². The molecule has 0 unspecified atom stereocenters. The van der Waals surface area contributed by atoms with Gasteiger partial charge in [-0.2, -0.15) is 0 Å². The summed E-state index contributed by atoms with van der Waals surface area (Å²) in [6.45, 7) is 2.76. The number of benzene rings is 1. The molecule has 0 aliphatic carbocycles. The van der Waals surface area contributed by atoms with Crippen molar-refractivity contribution in [2.24, 2.45) is 0 Å². The summed E-state index contributed by atoms with van der Waals surface area (Å²) in [6, 6.07) is 5.13. The fourth-order valence-corrected chi connectivity index (χ4v) is 3.48. The SMILES string of the molecule is CCCCN1C(=O)/C(=C\c2ccc(O)c(Br)c2)SC1=S. The molecule has 1 aromatic rings. The zero-order chi connectivity index (χ0) is 14.7. The molecule has 20 heavy (non-hydrogen) atoms. The molecule has 0 radical (unpaired) electrons. The van der Waals surface area contributed by atoms with Crippen LogP contribution in [0.3, 0.4) is 0 Å². The normalized spacial score (nSPS) is 17.3. The second-order valence-corrected chi connectivity index (χ2v) is 6.93. The maximum Gasteiger partial charge on any atom is 0.266 e. The van der Waals surface area contributed by atoms with Crippen LogP contribution in [0.15, 0.2) is 27.6 Å². The van der Waals surface area contributed by atoms with Crippen LogP contribution >= 0.6 is 39.9 Å². The Kier molecular flexibility index (Phi) is 5.23. The van der Waals surface area contributed by atoms with Gasteiger partial charge in [-0.05, 0) is 46.1 Å². The zero-order valence-corrected chi connectivity index (χ0v) is 14.1. The van der Waals surface area contributed by atoms with Crippen LogP contribution in [0.25, 0.3) is 6.08 Å². The van der Waals surface area contributed by atoms with Gasteiger partial charge in [0.1, 0.15) is 10.1 Å². The molecular weight excluding hydrogens is 358 g/mol. The van der Waals surface area contributed by atoms with Crippen LogP contribution in [-0.4, -0.2) is 26.8 Å².